The van der Waals surface area contributed by atoms with Crippen molar-refractivity contribution in [2.45, 2.75) is 83.1 Å². The molecule has 0 aliphatic carbocycles. The molecule has 102 heavy (non-hydrogen) atoms. The van der Waals surface area contributed by atoms with Gasteiger partial charge in [-0.05, 0) is 156 Å². The van der Waals surface area contributed by atoms with Crippen LogP contribution in [0.5, 0.6) is 34.5 Å². The summed E-state index contributed by atoms with van der Waals surface area (Å²) in [6.07, 6.45) is 9.14. The average Bonchev–Trinajstić information content (AvgIpc) is 0.725. The van der Waals surface area contributed by atoms with Gasteiger partial charge in [0.1, 0.15) is 69.1 Å². The molecule has 0 atom stereocenters. The zero-order valence-electron chi connectivity index (χ0n) is 58.6. The van der Waals surface area contributed by atoms with Gasteiger partial charge in [0, 0.05) is 66.8 Å². The van der Waals surface area contributed by atoms with E-state index >= 15 is 0 Å². The molecule has 0 spiro atoms. The molecule has 0 N–H and O–H groups in total. The largest absolute Gasteiger partial charge is 0.460 e. The van der Waals surface area contributed by atoms with Crippen molar-refractivity contribution in [1.29, 1.82) is 0 Å². The molecular formula is C78H78N3O18P3. The second-order valence-corrected chi connectivity index (χ2v) is 29.2. The number of para-hydroxylation sites is 6. The number of allylic oxidation sites excluding steroid dienone is 6. The van der Waals surface area contributed by atoms with Crippen LogP contribution in [0.25, 0.3) is 36.5 Å². The molecule has 0 saturated carbocycles. The van der Waals surface area contributed by atoms with Crippen LogP contribution in [0.2, 0.25) is 0 Å². The van der Waals surface area contributed by atoms with Gasteiger partial charge in [0.2, 0.25) is 0 Å². The maximum Gasteiger partial charge on any atom is 0.460 e. The van der Waals surface area contributed by atoms with Crippen molar-refractivity contribution in [2.75, 3.05) is 0 Å². The molecule has 0 unspecified atom stereocenters. The lowest BCUT2D eigenvalue weighted by Crippen LogP contribution is -2.13. The van der Waals surface area contributed by atoms with Gasteiger partial charge in [0.15, 0.2) is 0 Å². The molecule has 7 rings (SSSR count). The summed E-state index contributed by atoms with van der Waals surface area (Å²) in [5.41, 5.74) is 2.31. The van der Waals surface area contributed by atoms with Gasteiger partial charge in [-0.2, -0.15) is 0 Å². The molecule has 1 aliphatic rings. The van der Waals surface area contributed by atoms with Crippen LogP contribution in [0.1, 0.15) is 116 Å². The second kappa shape index (κ2) is 35.0. The maximum absolute atomic E-state index is 13.1. The number of esters is 6. The normalized spacial score (nSPS) is 16.8. The smallest absolute Gasteiger partial charge is 0.428 e. The second-order valence-electron chi connectivity index (χ2n) is 23.1. The Labute approximate surface area is 594 Å². The number of nitrogens with zero attached hydrogens (tertiary/aromatic N) is 3. The van der Waals surface area contributed by atoms with Crippen LogP contribution in [0.3, 0.4) is 0 Å². The Balaban J connectivity index is 1.79. The summed E-state index contributed by atoms with van der Waals surface area (Å²) in [6, 6.07) is 39.5. The molecule has 0 amide bonds. The lowest BCUT2D eigenvalue weighted by molar-refractivity contribution is -0.135. The average molecular weight is 1440 g/mol. The van der Waals surface area contributed by atoms with Crippen molar-refractivity contribution >= 4 is 95.2 Å². The van der Waals surface area contributed by atoms with E-state index in [1.54, 1.807) is 187 Å². The highest BCUT2D eigenvalue weighted by atomic mass is 31.3. The van der Waals surface area contributed by atoms with Crippen LogP contribution in [0, 0.1) is 0 Å². The first-order valence-electron chi connectivity index (χ1n) is 31.2. The molecular weight excluding hydrogens is 1360 g/mol. The quantitative estimate of drug-likeness (QED) is 0.0134. The van der Waals surface area contributed by atoms with Crippen molar-refractivity contribution in [1.82, 2.24) is 0 Å². The number of hydrogen-bond donors (Lipinski definition) is 0. The number of carbonyl (C=O) groups excluding carboxylic acids is 6. The van der Waals surface area contributed by atoms with Crippen LogP contribution < -0.4 is 27.1 Å². The van der Waals surface area contributed by atoms with E-state index < -0.39 is 58.8 Å². The predicted molar refractivity (Wildman–Crippen MR) is 398 cm³/mol. The molecule has 1 heterocycles. The van der Waals surface area contributed by atoms with Gasteiger partial charge in [-0.25, -0.2) is 28.8 Å². The van der Waals surface area contributed by atoms with E-state index in [4.69, 9.17) is 69.1 Å². The Hall–Kier alpha value is -11.5. The Morgan fingerprint density at radius 2 is 0.373 bits per heavy atom. The minimum Gasteiger partial charge on any atom is -0.428 e. The van der Waals surface area contributed by atoms with Gasteiger partial charge < -0.3 is 55.6 Å². The highest BCUT2D eigenvalue weighted by Gasteiger charge is 2.50. The van der Waals surface area contributed by atoms with Crippen molar-refractivity contribution < 1.29 is 84.3 Å². The summed E-state index contributed by atoms with van der Waals surface area (Å²) in [6.45, 7) is 40.8. The van der Waals surface area contributed by atoms with Gasteiger partial charge in [-0.3, -0.25) is 0 Å². The van der Waals surface area contributed by atoms with Crippen LogP contribution in [0.4, 0.5) is 0 Å². The first-order chi connectivity index (χ1) is 48.2. The molecule has 0 saturated heterocycles. The van der Waals surface area contributed by atoms with E-state index in [0.717, 1.165) is 0 Å². The third kappa shape index (κ3) is 22.3. The van der Waals surface area contributed by atoms with Gasteiger partial charge in [-0.15, -0.1) is 0 Å². The van der Waals surface area contributed by atoms with E-state index in [1.807, 2.05) is 0 Å². The minimum absolute atomic E-state index is 0.0186. The zero-order chi connectivity index (χ0) is 74.6. The van der Waals surface area contributed by atoms with E-state index in [1.165, 1.54) is 78.0 Å². The van der Waals surface area contributed by atoms with E-state index in [-0.39, 0.29) is 136 Å². The Morgan fingerprint density at radius 1 is 0.245 bits per heavy atom. The molecule has 528 valence electrons. The molecule has 0 aromatic heterocycles. The lowest BCUT2D eigenvalue weighted by Gasteiger charge is -2.34. The number of benzene rings is 6. The number of rotatable bonds is 30. The molecule has 21 nitrogen and oxygen atoms in total. The van der Waals surface area contributed by atoms with Crippen molar-refractivity contribution in [3.05, 3.63) is 286 Å². The first-order valence-corrected chi connectivity index (χ1v) is 35.8. The minimum atomic E-state index is -5.07. The van der Waals surface area contributed by atoms with Crippen LogP contribution in [-0.2, 0) is 57.2 Å². The van der Waals surface area contributed by atoms with Crippen molar-refractivity contribution in [2.24, 2.45) is 13.5 Å². The third-order valence-electron chi connectivity index (χ3n) is 13.3. The molecule has 1 aliphatic heterocycles. The fourth-order valence-corrected chi connectivity index (χ4v) is 17.7. The van der Waals surface area contributed by atoms with Crippen LogP contribution in [-0.4, -0.2) is 35.8 Å². The Kier molecular flexibility index (Phi) is 26.7. The summed E-state index contributed by atoms with van der Waals surface area (Å²) in [4.78, 5) is 78.7. The van der Waals surface area contributed by atoms with Crippen molar-refractivity contribution in [3.63, 3.8) is 0 Å². The molecule has 0 fully saturated rings. The molecule has 24 heteroatoms. The zero-order valence-corrected chi connectivity index (χ0v) is 61.3. The monoisotopic (exact) mass is 1440 g/mol. The topological polar surface area (TPSA) is 250 Å². The fourth-order valence-electron chi connectivity index (χ4n) is 8.51. The van der Waals surface area contributed by atoms with Crippen LogP contribution >= 0.6 is 23.0 Å². The molecule has 6 aromatic carbocycles. The molecule has 0 radical (unpaired) electrons. The highest BCUT2D eigenvalue weighted by molar-refractivity contribution is 7.79. The third-order valence-corrected chi connectivity index (χ3v) is 21.3. The standard InChI is InChI=1S/C78H78N3O18P3/c1-49(2)73(82)88-55(13)43-61-31-19-25-37-67(61)94-100(95-68-38-26-20-32-62(68)44-56(14)89-74(83)50(3)4)79-101(96-69-39-27-21-33-63(69)45-57(15)90-75(84)51(5)6,97-70-40-28-22-34-64(70)46-58(16)91-76(85)52(7)8)81-102(80-100,98-71-41-29-23-35-65(71)47-59(17)92-77(86)53(9)10)99-72-42-30-24-36-66(72)48-60(18)93-78(87)54(11)12/h19-48H,1,3,5,7,9,11H2,2,4,6,8,10,12-18H3. The lowest BCUT2D eigenvalue weighted by atomic mass is 10.2. The summed E-state index contributed by atoms with van der Waals surface area (Å²) in [5, 5.41) is 0. The summed E-state index contributed by atoms with van der Waals surface area (Å²) >= 11 is 0. The van der Waals surface area contributed by atoms with Gasteiger partial charge in [0.05, 0.1) is 0 Å². The fraction of sp³-hybridized carbons (Fsp3) is 0.154. The summed E-state index contributed by atoms with van der Waals surface area (Å²) < 4.78 is 95.9. The first kappa shape index (κ1) is 77.9. The number of hydrogen-bond acceptors (Lipinski definition) is 21. The number of carbonyl (C=O) groups is 6. The van der Waals surface area contributed by atoms with E-state index in [0.29, 0.717) is 0 Å². The highest BCUT2D eigenvalue weighted by Crippen LogP contribution is 2.79. The van der Waals surface area contributed by atoms with Crippen molar-refractivity contribution in [3.8, 4) is 34.5 Å². The number of ether oxygens (including phenoxy) is 6. The van der Waals surface area contributed by atoms with Gasteiger partial charge in [0.25, 0.3) is 0 Å². The SMILES string of the molecule is C=C(C)C(=O)OC(C)=Cc1ccccc1OP1(Oc2ccccc2C=C(C)OC(=O)C(=C)C)=NP(Oc2ccccc2C=C(C)OC(=O)C(=C)C)(Oc2ccccc2C=C(C)OC(=O)C(=C)C)=NP(Oc2ccccc2C=C(C)OC(=O)C(=C)C)(Oc2ccccc2C=C(C)OC(=O)C(=C)C)=N1. The molecule has 6 aromatic rings. The predicted octanol–water partition coefficient (Wildman–Crippen LogP) is 21.2. The van der Waals surface area contributed by atoms with Gasteiger partial charge >= 0.3 is 58.8 Å². The van der Waals surface area contributed by atoms with Gasteiger partial charge in [-0.1, -0.05) is 162 Å². The summed E-state index contributed by atoms with van der Waals surface area (Å²) in [7, 11) is -15.2. The van der Waals surface area contributed by atoms with E-state index in [9.17, 15) is 28.8 Å². The Morgan fingerprint density at radius 3 is 0.500 bits per heavy atom. The summed E-state index contributed by atoms with van der Waals surface area (Å²) in [5.74, 6) is -3.81. The van der Waals surface area contributed by atoms with E-state index in [2.05, 4.69) is 39.5 Å². The Bertz CT molecular complexity index is 4040. The maximum atomic E-state index is 13.1. The van der Waals surface area contributed by atoms with Crippen LogP contribution in [0.15, 0.2) is 267 Å². The molecule has 0 bridgehead atoms.